The largest absolute Gasteiger partial charge is 0.388 e. The summed E-state index contributed by atoms with van der Waals surface area (Å²) >= 11 is 0. The van der Waals surface area contributed by atoms with Crippen LogP contribution in [0.4, 0.5) is 4.39 Å². The molecule has 0 bridgehead atoms. The third-order valence-electron chi connectivity index (χ3n) is 2.75. The zero-order valence-electron chi connectivity index (χ0n) is 9.60. The van der Waals surface area contributed by atoms with Crippen molar-refractivity contribution in [2.75, 3.05) is 0 Å². The number of nitrogens with zero attached hydrogens (tertiary/aromatic N) is 1. The number of aromatic nitrogens is 1. The van der Waals surface area contributed by atoms with E-state index >= 15 is 0 Å². The molecule has 1 atom stereocenters. The van der Waals surface area contributed by atoms with Crippen molar-refractivity contribution >= 4 is 0 Å². The summed E-state index contributed by atoms with van der Waals surface area (Å²) in [4.78, 5) is 3.92. The second kappa shape index (κ2) is 5.06. The van der Waals surface area contributed by atoms with Crippen LogP contribution in [0.1, 0.15) is 22.8 Å². The van der Waals surface area contributed by atoms with Crippen LogP contribution in [0.25, 0.3) is 0 Å². The quantitative estimate of drug-likeness (QED) is 0.881. The molecule has 1 heterocycles. The highest BCUT2D eigenvalue weighted by molar-refractivity contribution is 5.27. The van der Waals surface area contributed by atoms with Crippen molar-refractivity contribution in [3.63, 3.8) is 0 Å². The molecule has 2 nitrogen and oxygen atoms in total. The highest BCUT2D eigenvalue weighted by Crippen LogP contribution is 2.20. The van der Waals surface area contributed by atoms with E-state index in [2.05, 4.69) is 4.98 Å². The molecule has 3 heteroatoms. The molecule has 0 radical (unpaired) electrons. The Labute approximate surface area is 99.8 Å². The molecule has 1 N–H and O–H groups in total. The van der Waals surface area contributed by atoms with Gasteiger partial charge in [0, 0.05) is 18.8 Å². The maximum atomic E-state index is 13.1. The molecular formula is C14H14FNO. The lowest BCUT2D eigenvalue weighted by Gasteiger charge is -2.11. The molecule has 0 saturated carbocycles. The fraction of sp³-hybridized carbons (Fsp3) is 0.214. The van der Waals surface area contributed by atoms with Crippen LogP contribution >= 0.6 is 0 Å². The third kappa shape index (κ3) is 2.88. The third-order valence-corrected chi connectivity index (χ3v) is 2.75. The van der Waals surface area contributed by atoms with Crippen molar-refractivity contribution in [1.29, 1.82) is 0 Å². The van der Waals surface area contributed by atoms with E-state index in [1.54, 1.807) is 31.5 Å². The lowest BCUT2D eigenvalue weighted by atomic mass is 10.0. The lowest BCUT2D eigenvalue weighted by Crippen LogP contribution is -2.02. The Hall–Kier alpha value is -1.74. The van der Waals surface area contributed by atoms with Gasteiger partial charge in [-0.25, -0.2) is 4.39 Å². The fourth-order valence-electron chi connectivity index (χ4n) is 1.74. The first-order chi connectivity index (χ1) is 8.16. The molecule has 1 unspecified atom stereocenters. The molecule has 88 valence electrons. The normalized spacial score (nSPS) is 12.4. The molecule has 0 spiro atoms. The van der Waals surface area contributed by atoms with Crippen LogP contribution < -0.4 is 0 Å². The van der Waals surface area contributed by atoms with Gasteiger partial charge in [-0.2, -0.15) is 0 Å². The molecule has 17 heavy (non-hydrogen) atoms. The summed E-state index contributed by atoms with van der Waals surface area (Å²) in [5.74, 6) is -0.245. The smallest absolute Gasteiger partial charge is 0.126 e. The molecule has 0 fully saturated rings. The van der Waals surface area contributed by atoms with E-state index < -0.39 is 6.10 Å². The van der Waals surface area contributed by atoms with Crippen LogP contribution in [0.2, 0.25) is 0 Å². The SMILES string of the molecule is Cc1cc(C(O)Cc2ccncc2)ccc1F. The van der Waals surface area contributed by atoms with Gasteiger partial charge in [0.2, 0.25) is 0 Å². The Morgan fingerprint density at radius 3 is 2.59 bits per heavy atom. The summed E-state index contributed by atoms with van der Waals surface area (Å²) in [6, 6.07) is 8.41. The number of pyridine rings is 1. The van der Waals surface area contributed by atoms with Crippen molar-refractivity contribution in [3.8, 4) is 0 Å². The van der Waals surface area contributed by atoms with Gasteiger partial charge >= 0.3 is 0 Å². The number of aryl methyl sites for hydroxylation is 1. The van der Waals surface area contributed by atoms with E-state index in [0.717, 1.165) is 11.1 Å². The van der Waals surface area contributed by atoms with Crippen molar-refractivity contribution in [2.24, 2.45) is 0 Å². The summed E-state index contributed by atoms with van der Waals surface area (Å²) in [5.41, 5.74) is 2.30. The van der Waals surface area contributed by atoms with Crippen molar-refractivity contribution in [3.05, 3.63) is 65.2 Å². The van der Waals surface area contributed by atoms with Gasteiger partial charge in [-0.3, -0.25) is 4.98 Å². The van der Waals surface area contributed by atoms with Crippen LogP contribution in [-0.2, 0) is 6.42 Å². The summed E-state index contributed by atoms with van der Waals surface area (Å²) in [7, 11) is 0. The molecular weight excluding hydrogens is 217 g/mol. The van der Waals surface area contributed by atoms with E-state index in [1.165, 1.54) is 6.07 Å². The average Bonchev–Trinajstić information content (AvgIpc) is 2.34. The molecule has 1 aromatic carbocycles. The van der Waals surface area contributed by atoms with Gasteiger partial charge < -0.3 is 5.11 Å². The minimum Gasteiger partial charge on any atom is -0.388 e. The van der Waals surface area contributed by atoms with E-state index in [-0.39, 0.29) is 5.82 Å². The second-order valence-electron chi connectivity index (χ2n) is 4.08. The Kier molecular flexibility index (Phi) is 3.49. The Balaban J connectivity index is 2.14. The van der Waals surface area contributed by atoms with Crippen molar-refractivity contribution in [2.45, 2.75) is 19.4 Å². The molecule has 0 saturated heterocycles. The number of rotatable bonds is 3. The molecule has 0 aliphatic carbocycles. The fourth-order valence-corrected chi connectivity index (χ4v) is 1.74. The van der Waals surface area contributed by atoms with E-state index in [0.29, 0.717) is 12.0 Å². The van der Waals surface area contributed by atoms with Crippen molar-refractivity contribution < 1.29 is 9.50 Å². The maximum Gasteiger partial charge on any atom is 0.126 e. The van der Waals surface area contributed by atoms with E-state index in [9.17, 15) is 9.50 Å². The minimum atomic E-state index is -0.614. The van der Waals surface area contributed by atoms with Crippen LogP contribution in [0.5, 0.6) is 0 Å². The predicted molar refractivity (Wildman–Crippen MR) is 64.0 cm³/mol. The molecule has 1 aromatic heterocycles. The predicted octanol–water partition coefficient (Wildman–Crippen LogP) is 2.81. The maximum absolute atomic E-state index is 13.1. The van der Waals surface area contributed by atoms with E-state index in [4.69, 9.17) is 0 Å². The van der Waals surface area contributed by atoms with Crippen LogP contribution in [0, 0.1) is 12.7 Å². The van der Waals surface area contributed by atoms with Gasteiger partial charge in [0.05, 0.1) is 6.10 Å². The zero-order valence-corrected chi connectivity index (χ0v) is 9.60. The van der Waals surface area contributed by atoms with Gasteiger partial charge in [-0.1, -0.05) is 12.1 Å². The lowest BCUT2D eigenvalue weighted by molar-refractivity contribution is 0.178. The highest BCUT2D eigenvalue weighted by atomic mass is 19.1. The first kappa shape index (κ1) is 11.7. The summed E-state index contributed by atoms with van der Waals surface area (Å²) in [5, 5.41) is 10.0. The van der Waals surface area contributed by atoms with Gasteiger partial charge in [-0.15, -0.1) is 0 Å². The van der Waals surface area contributed by atoms with Gasteiger partial charge in [0.25, 0.3) is 0 Å². The summed E-state index contributed by atoms with van der Waals surface area (Å²) < 4.78 is 13.1. The number of hydrogen-bond acceptors (Lipinski definition) is 2. The number of hydrogen-bond donors (Lipinski definition) is 1. The van der Waals surface area contributed by atoms with Gasteiger partial charge in [0.15, 0.2) is 0 Å². The minimum absolute atomic E-state index is 0.245. The standard InChI is InChI=1S/C14H14FNO/c1-10-8-12(2-3-13(10)15)14(17)9-11-4-6-16-7-5-11/h2-8,14,17H,9H2,1H3. The monoisotopic (exact) mass is 231 g/mol. The zero-order chi connectivity index (χ0) is 12.3. The first-order valence-corrected chi connectivity index (χ1v) is 5.50. The van der Waals surface area contributed by atoms with Crippen LogP contribution in [0.15, 0.2) is 42.7 Å². The highest BCUT2D eigenvalue weighted by Gasteiger charge is 2.09. The molecule has 2 rings (SSSR count). The topological polar surface area (TPSA) is 33.1 Å². The number of aliphatic hydroxyl groups excluding tert-OH is 1. The second-order valence-corrected chi connectivity index (χ2v) is 4.08. The average molecular weight is 231 g/mol. The van der Waals surface area contributed by atoms with Gasteiger partial charge in [-0.05, 0) is 41.8 Å². The summed E-state index contributed by atoms with van der Waals surface area (Å²) in [6.45, 7) is 1.69. The first-order valence-electron chi connectivity index (χ1n) is 5.50. The summed E-state index contributed by atoms with van der Waals surface area (Å²) in [6.07, 6.45) is 3.28. The molecule has 2 aromatic rings. The number of benzene rings is 1. The Bertz CT molecular complexity index is 499. The molecule has 0 amide bonds. The van der Waals surface area contributed by atoms with E-state index in [1.807, 2.05) is 12.1 Å². The molecule has 0 aliphatic heterocycles. The van der Waals surface area contributed by atoms with Gasteiger partial charge in [0.1, 0.15) is 5.82 Å². The Morgan fingerprint density at radius 1 is 1.24 bits per heavy atom. The van der Waals surface area contributed by atoms with Crippen LogP contribution in [0.3, 0.4) is 0 Å². The molecule has 0 aliphatic rings. The number of halogens is 1. The Morgan fingerprint density at radius 2 is 1.94 bits per heavy atom. The number of aliphatic hydroxyl groups is 1. The van der Waals surface area contributed by atoms with Crippen LogP contribution in [-0.4, -0.2) is 10.1 Å². The van der Waals surface area contributed by atoms with Crippen molar-refractivity contribution in [1.82, 2.24) is 4.98 Å².